The van der Waals surface area contributed by atoms with Crippen LogP contribution in [-0.4, -0.2) is 32.1 Å². The van der Waals surface area contributed by atoms with Crippen LogP contribution in [0.15, 0.2) is 48.5 Å². The molecule has 0 aliphatic rings. The molecule has 2 N–H and O–H groups in total. The second-order valence-corrected chi connectivity index (χ2v) is 5.87. The fourth-order valence-corrected chi connectivity index (χ4v) is 2.29. The number of hydrogen-bond acceptors (Lipinski definition) is 3. The molecule has 122 valence electrons. The highest BCUT2D eigenvalue weighted by molar-refractivity contribution is 5.81. The molecule has 0 unspecified atom stereocenters. The molecule has 3 heteroatoms. The van der Waals surface area contributed by atoms with Crippen LogP contribution in [0.2, 0.25) is 0 Å². The summed E-state index contributed by atoms with van der Waals surface area (Å²) in [7, 11) is 4.08. The van der Waals surface area contributed by atoms with E-state index in [1.807, 2.05) is 38.4 Å². The first kappa shape index (κ1) is 17.1. The number of nitrogen functional groups attached to an aromatic ring is 1. The Labute approximate surface area is 139 Å². The third-order valence-corrected chi connectivity index (χ3v) is 3.69. The second kappa shape index (κ2) is 8.39. The van der Waals surface area contributed by atoms with E-state index in [0.29, 0.717) is 6.61 Å². The summed E-state index contributed by atoms with van der Waals surface area (Å²) in [6, 6.07) is 16.3. The summed E-state index contributed by atoms with van der Waals surface area (Å²) in [4.78, 5) is 2.11. The number of allylic oxidation sites excluding steroid dienone is 1. The zero-order chi connectivity index (χ0) is 16.7. The van der Waals surface area contributed by atoms with E-state index in [-0.39, 0.29) is 0 Å². The van der Waals surface area contributed by atoms with Crippen molar-refractivity contribution < 1.29 is 4.74 Å². The van der Waals surface area contributed by atoms with Gasteiger partial charge in [-0.2, -0.15) is 0 Å². The first-order valence-corrected chi connectivity index (χ1v) is 8.02. The molecule has 2 aromatic rings. The Kier molecular flexibility index (Phi) is 6.24. The van der Waals surface area contributed by atoms with Crippen LogP contribution in [0.4, 0.5) is 5.69 Å². The molecular formula is C20H26N2O. The fraction of sp³-hybridized carbons (Fsp3) is 0.300. The Balaban J connectivity index is 2.06. The smallest absolute Gasteiger partial charge is 0.119 e. The summed E-state index contributed by atoms with van der Waals surface area (Å²) in [6.45, 7) is 3.79. The Bertz CT molecular complexity index is 628. The molecule has 0 aromatic heterocycles. The van der Waals surface area contributed by atoms with Gasteiger partial charge in [0.05, 0.1) is 0 Å². The standard InChI is InChI=1S/C20H26N2O/c1-4-17(18-7-9-19(21)10-8-18)15-16-5-11-20(12-6-16)23-14-13-22(2)3/h5-12,15H,4,13-14,21H2,1-3H3/b17-15-. The van der Waals surface area contributed by atoms with E-state index in [2.05, 4.69) is 42.2 Å². The number of hydrogen-bond donors (Lipinski definition) is 1. The van der Waals surface area contributed by atoms with Gasteiger partial charge in [0.15, 0.2) is 0 Å². The third kappa shape index (κ3) is 5.46. The predicted molar refractivity (Wildman–Crippen MR) is 99.5 cm³/mol. The van der Waals surface area contributed by atoms with Gasteiger partial charge in [0.1, 0.15) is 12.4 Å². The number of rotatable bonds is 7. The molecule has 2 rings (SSSR count). The molecule has 0 bridgehead atoms. The van der Waals surface area contributed by atoms with E-state index < -0.39 is 0 Å². The van der Waals surface area contributed by atoms with Crippen molar-refractivity contribution in [2.75, 3.05) is 33.0 Å². The molecule has 0 fully saturated rings. The maximum Gasteiger partial charge on any atom is 0.119 e. The van der Waals surface area contributed by atoms with Crippen molar-refractivity contribution in [1.82, 2.24) is 4.90 Å². The van der Waals surface area contributed by atoms with Crippen molar-refractivity contribution in [2.45, 2.75) is 13.3 Å². The molecule has 0 amide bonds. The highest BCUT2D eigenvalue weighted by Crippen LogP contribution is 2.23. The highest BCUT2D eigenvalue weighted by atomic mass is 16.5. The first-order valence-electron chi connectivity index (χ1n) is 8.02. The number of anilines is 1. The van der Waals surface area contributed by atoms with Gasteiger partial charge in [-0.1, -0.05) is 37.3 Å². The lowest BCUT2D eigenvalue weighted by atomic mass is 10.0. The minimum absolute atomic E-state index is 0.702. The van der Waals surface area contributed by atoms with E-state index in [4.69, 9.17) is 10.5 Å². The van der Waals surface area contributed by atoms with Crippen LogP contribution in [0.5, 0.6) is 5.75 Å². The van der Waals surface area contributed by atoms with Gasteiger partial charge in [-0.25, -0.2) is 0 Å². The van der Waals surface area contributed by atoms with Gasteiger partial charge < -0.3 is 15.4 Å². The summed E-state index contributed by atoms with van der Waals surface area (Å²) >= 11 is 0. The average Bonchev–Trinajstić information content (AvgIpc) is 2.54. The van der Waals surface area contributed by atoms with E-state index in [1.54, 1.807) is 0 Å². The summed E-state index contributed by atoms with van der Waals surface area (Å²) in [5.74, 6) is 0.912. The molecule has 0 aliphatic heterocycles. The molecule has 0 radical (unpaired) electrons. The Morgan fingerprint density at radius 3 is 2.26 bits per heavy atom. The van der Waals surface area contributed by atoms with Gasteiger partial charge >= 0.3 is 0 Å². The summed E-state index contributed by atoms with van der Waals surface area (Å²) < 4.78 is 5.72. The first-order chi connectivity index (χ1) is 11.1. The molecule has 23 heavy (non-hydrogen) atoms. The van der Waals surface area contributed by atoms with E-state index in [9.17, 15) is 0 Å². The number of nitrogens with zero attached hydrogens (tertiary/aromatic N) is 1. The van der Waals surface area contributed by atoms with Crippen molar-refractivity contribution in [3.8, 4) is 5.75 Å². The monoisotopic (exact) mass is 310 g/mol. The third-order valence-electron chi connectivity index (χ3n) is 3.69. The molecule has 0 atom stereocenters. The Morgan fingerprint density at radius 2 is 1.70 bits per heavy atom. The largest absolute Gasteiger partial charge is 0.492 e. The average molecular weight is 310 g/mol. The SMILES string of the molecule is CC/C(=C/c1ccc(OCCN(C)C)cc1)c1ccc(N)cc1. The number of likely N-dealkylation sites (N-methyl/N-ethyl adjacent to an activating group) is 1. The Hall–Kier alpha value is -2.26. The van der Waals surface area contributed by atoms with Crippen molar-refractivity contribution in [2.24, 2.45) is 0 Å². The van der Waals surface area contributed by atoms with Gasteiger partial charge in [0, 0.05) is 12.2 Å². The molecule has 2 aromatic carbocycles. The molecule has 3 nitrogen and oxygen atoms in total. The Morgan fingerprint density at radius 1 is 1.04 bits per heavy atom. The van der Waals surface area contributed by atoms with Crippen molar-refractivity contribution in [3.05, 3.63) is 59.7 Å². The van der Waals surface area contributed by atoms with E-state index in [1.165, 1.54) is 16.7 Å². The minimum Gasteiger partial charge on any atom is -0.492 e. The molecule has 0 saturated carbocycles. The highest BCUT2D eigenvalue weighted by Gasteiger charge is 2.01. The van der Waals surface area contributed by atoms with Crippen molar-refractivity contribution >= 4 is 17.3 Å². The molecule has 0 spiro atoms. The van der Waals surface area contributed by atoms with Gasteiger partial charge in [0.2, 0.25) is 0 Å². The topological polar surface area (TPSA) is 38.5 Å². The van der Waals surface area contributed by atoms with Crippen LogP contribution in [0.3, 0.4) is 0 Å². The van der Waals surface area contributed by atoms with Gasteiger partial charge in [-0.05, 0) is 61.5 Å². The predicted octanol–water partition coefficient (Wildman–Crippen LogP) is 4.16. The van der Waals surface area contributed by atoms with E-state index >= 15 is 0 Å². The lowest BCUT2D eigenvalue weighted by Crippen LogP contribution is -2.19. The lowest BCUT2D eigenvalue weighted by Gasteiger charge is -2.11. The number of nitrogens with two attached hydrogens (primary N) is 1. The number of ether oxygens (including phenoxy) is 1. The van der Waals surface area contributed by atoms with Crippen LogP contribution in [0.1, 0.15) is 24.5 Å². The van der Waals surface area contributed by atoms with E-state index in [0.717, 1.165) is 24.4 Å². The summed E-state index contributed by atoms with van der Waals surface area (Å²) in [5, 5.41) is 0. The second-order valence-electron chi connectivity index (χ2n) is 5.87. The number of benzene rings is 2. The van der Waals surface area contributed by atoms with Crippen LogP contribution in [-0.2, 0) is 0 Å². The van der Waals surface area contributed by atoms with Gasteiger partial charge in [-0.15, -0.1) is 0 Å². The maximum absolute atomic E-state index is 5.76. The minimum atomic E-state index is 0.702. The lowest BCUT2D eigenvalue weighted by molar-refractivity contribution is 0.261. The van der Waals surface area contributed by atoms with Crippen molar-refractivity contribution in [3.63, 3.8) is 0 Å². The molecule has 0 aliphatic carbocycles. The normalized spacial score (nSPS) is 11.7. The molecular weight excluding hydrogens is 284 g/mol. The van der Waals surface area contributed by atoms with Crippen molar-refractivity contribution in [1.29, 1.82) is 0 Å². The summed E-state index contributed by atoms with van der Waals surface area (Å²) in [5.41, 5.74) is 10.2. The summed E-state index contributed by atoms with van der Waals surface area (Å²) in [6.07, 6.45) is 3.19. The van der Waals surface area contributed by atoms with Crippen LogP contribution >= 0.6 is 0 Å². The van der Waals surface area contributed by atoms with Crippen LogP contribution in [0.25, 0.3) is 11.6 Å². The molecule has 0 heterocycles. The fourth-order valence-electron chi connectivity index (χ4n) is 2.29. The quantitative estimate of drug-likeness (QED) is 0.616. The molecule has 0 saturated heterocycles. The van der Waals surface area contributed by atoms with Crippen LogP contribution < -0.4 is 10.5 Å². The van der Waals surface area contributed by atoms with Gasteiger partial charge in [-0.3, -0.25) is 0 Å². The van der Waals surface area contributed by atoms with Crippen LogP contribution in [0, 0.1) is 0 Å². The maximum atomic E-state index is 5.76. The zero-order valence-electron chi connectivity index (χ0n) is 14.3. The van der Waals surface area contributed by atoms with Gasteiger partial charge in [0.25, 0.3) is 0 Å². The zero-order valence-corrected chi connectivity index (χ0v) is 14.3.